The Morgan fingerprint density at radius 2 is 2.06 bits per heavy atom. The minimum Gasteiger partial charge on any atom is -0.294 e. The van der Waals surface area contributed by atoms with Crippen LogP contribution in [0.4, 0.5) is 0 Å². The molecule has 0 unspecified atom stereocenters. The Morgan fingerprint density at radius 1 is 1.29 bits per heavy atom. The van der Waals surface area contributed by atoms with Gasteiger partial charge in [0.25, 0.3) is 0 Å². The number of carbonyl (C=O) groups excluding carboxylic acids is 1. The first-order valence-corrected chi connectivity index (χ1v) is 5.50. The lowest BCUT2D eigenvalue weighted by Gasteiger charge is -2.02. The SMILES string of the molecule is Cc1cncc(C(=O)Cc2cc(C)nn2C)c1. The van der Waals surface area contributed by atoms with Crippen molar-refractivity contribution in [1.82, 2.24) is 14.8 Å². The number of rotatable bonds is 3. The molecule has 2 heterocycles. The van der Waals surface area contributed by atoms with Crippen LogP contribution >= 0.6 is 0 Å². The number of aromatic nitrogens is 3. The second-order valence-electron chi connectivity index (χ2n) is 4.25. The zero-order valence-electron chi connectivity index (χ0n) is 10.3. The number of pyridine rings is 1. The van der Waals surface area contributed by atoms with E-state index in [0.29, 0.717) is 12.0 Å². The lowest BCUT2D eigenvalue weighted by molar-refractivity contribution is 0.0990. The van der Waals surface area contributed by atoms with Crippen molar-refractivity contribution in [2.75, 3.05) is 0 Å². The van der Waals surface area contributed by atoms with Crippen molar-refractivity contribution < 1.29 is 4.79 Å². The molecule has 2 rings (SSSR count). The van der Waals surface area contributed by atoms with Crippen LogP contribution in [0.2, 0.25) is 0 Å². The summed E-state index contributed by atoms with van der Waals surface area (Å²) >= 11 is 0. The highest BCUT2D eigenvalue weighted by molar-refractivity contribution is 5.97. The third kappa shape index (κ3) is 2.58. The number of hydrogen-bond donors (Lipinski definition) is 0. The van der Waals surface area contributed by atoms with Crippen LogP contribution in [0.15, 0.2) is 24.5 Å². The molecule has 4 nitrogen and oxygen atoms in total. The van der Waals surface area contributed by atoms with Gasteiger partial charge in [0.2, 0.25) is 0 Å². The van der Waals surface area contributed by atoms with Crippen molar-refractivity contribution in [3.05, 3.63) is 47.0 Å². The van der Waals surface area contributed by atoms with Gasteiger partial charge in [-0.1, -0.05) is 0 Å². The summed E-state index contributed by atoms with van der Waals surface area (Å²) in [5, 5.41) is 4.22. The number of nitrogens with zero attached hydrogens (tertiary/aromatic N) is 3. The van der Waals surface area contributed by atoms with Crippen LogP contribution in [0.25, 0.3) is 0 Å². The summed E-state index contributed by atoms with van der Waals surface area (Å²) in [5.74, 6) is 0.0733. The van der Waals surface area contributed by atoms with Gasteiger partial charge in [-0.25, -0.2) is 0 Å². The molecular formula is C13H15N3O. The standard InChI is InChI=1S/C13H15N3O/c1-9-4-11(8-14-7-9)13(17)6-12-5-10(2)15-16(12)3/h4-5,7-8H,6H2,1-3H3. The molecule has 0 aliphatic heterocycles. The highest BCUT2D eigenvalue weighted by atomic mass is 16.1. The van der Waals surface area contributed by atoms with E-state index in [9.17, 15) is 4.79 Å². The van der Waals surface area contributed by atoms with E-state index < -0.39 is 0 Å². The van der Waals surface area contributed by atoms with Crippen molar-refractivity contribution in [1.29, 1.82) is 0 Å². The van der Waals surface area contributed by atoms with Crippen molar-refractivity contribution in [2.45, 2.75) is 20.3 Å². The zero-order valence-corrected chi connectivity index (χ0v) is 10.3. The second kappa shape index (κ2) is 4.49. The topological polar surface area (TPSA) is 47.8 Å². The van der Waals surface area contributed by atoms with Gasteiger partial charge >= 0.3 is 0 Å². The summed E-state index contributed by atoms with van der Waals surface area (Å²) in [6.07, 6.45) is 3.71. The van der Waals surface area contributed by atoms with E-state index in [4.69, 9.17) is 0 Å². The van der Waals surface area contributed by atoms with Crippen LogP contribution in [0.1, 0.15) is 27.3 Å². The van der Waals surface area contributed by atoms with E-state index in [2.05, 4.69) is 10.1 Å². The molecule has 0 bridgehead atoms. The van der Waals surface area contributed by atoms with Crippen LogP contribution in [0, 0.1) is 13.8 Å². The quantitative estimate of drug-likeness (QED) is 0.755. The second-order valence-corrected chi connectivity index (χ2v) is 4.25. The molecule has 0 amide bonds. The predicted molar refractivity (Wildman–Crippen MR) is 65.0 cm³/mol. The molecule has 2 aromatic heterocycles. The number of Topliss-reactive ketones (excluding diaryl/α,β-unsaturated/α-hetero) is 1. The summed E-state index contributed by atoms with van der Waals surface area (Å²) in [6, 6.07) is 3.79. The average Bonchev–Trinajstić information content (AvgIpc) is 2.57. The third-order valence-electron chi connectivity index (χ3n) is 2.64. The minimum atomic E-state index is 0.0733. The average molecular weight is 229 g/mol. The largest absolute Gasteiger partial charge is 0.294 e. The maximum absolute atomic E-state index is 12.0. The van der Waals surface area contributed by atoms with Gasteiger partial charge in [0, 0.05) is 30.7 Å². The Hall–Kier alpha value is -1.97. The fraction of sp³-hybridized carbons (Fsp3) is 0.308. The van der Waals surface area contributed by atoms with Crippen LogP contribution in [-0.2, 0) is 13.5 Å². The van der Waals surface area contributed by atoms with E-state index in [1.165, 1.54) is 0 Å². The van der Waals surface area contributed by atoms with E-state index in [1.54, 1.807) is 17.1 Å². The Kier molecular flexibility index (Phi) is 3.04. The maximum atomic E-state index is 12.0. The number of aryl methyl sites for hydroxylation is 3. The molecule has 0 aliphatic carbocycles. The summed E-state index contributed by atoms with van der Waals surface area (Å²) in [4.78, 5) is 16.1. The number of hydrogen-bond acceptors (Lipinski definition) is 3. The molecule has 4 heteroatoms. The normalized spacial score (nSPS) is 10.5. The maximum Gasteiger partial charge on any atom is 0.170 e. The van der Waals surface area contributed by atoms with E-state index >= 15 is 0 Å². The summed E-state index contributed by atoms with van der Waals surface area (Å²) in [5.41, 5.74) is 3.51. The van der Waals surface area contributed by atoms with Gasteiger partial charge in [-0.3, -0.25) is 14.5 Å². The van der Waals surface area contributed by atoms with Gasteiger partial charge in [-0.2, -0.15) is 5.10 Å². The first kappa shape index (κ1) is 11.5. The molecule has 0 spiro atoms. The molecule has 0 aliphatic rings. The van der Waals surface area contributed by atoms with Gasteiger partial charge in [0.1, 0.15) is 0 Å². The highest BCUT2D eigenvalue weighted by Gasteiger charge is 2.11. The molecule has 88 valence electrons. The monoisotopic (exact) mass is 229 g/mol. The zero-order chi connectivity index (χ0) is 12.4. The van der Waals surface area contributed by atoms with Gasteiger partial charge in [-0.15, -0.1) is 0 Å². The molecule has 17 heavy (non-hydrogen) atoms. The molecule has 0 atom stereocenters. The minimum absolute atomic E-state index is 0.0733. The number of ketones is 1. The van der Waals surface area contributed by atoms with Gasteiger partial charge in [0.15, 0.2) is 5.78 Å². The lowest BCUT2D eigenvalue weighted by Crippen LogP contribution is -2.08. The Morgan fingerprint density at radius 3 is 2.65 bits per heavy atom. The van der Waals surface area contributed by atoms with Crippen LogP contribution < -0.4 is 0 Å². The predicted octanol–water partition coefficient (Wildman–Crippen LogP) is 1.86. The van der Waals surface area contributed by atoms with Gasteiger partial charge in [0.05, 0.1) is 12.1 Å². The molecule has 0 radical (unpaired) electrons. The van der Waals surface area contributed by atoms with E-state index in [1.807, 2.05) is 33.0 Å². The molecular weight excluding hydrogens is 214 g/mol. The molecule has 0 saturated heterocycles. The fourth-order valence-corrected chi connectivity index (χ4v) is 1.80. The smallest absolute Gasteiger partial charge is 0.170 e. The Labute approximate surface area is 100 Å². The van der Waals surface area contributed by atoms with E-state index in [0.717, 1.165) is 17.0 Å². The van der Waals surface area contributed by atoms with Crippen molar-refractivity contribution >= 4 is 5.78 Å². The summed E-state index contributed by atoms with van der Waals surface area (Å²) < 4.78 is 1.75. The van der Waals surface area contributed by atoms with Crippen molar-refractivity contribution in [2.24, 2.45) is 7.05 Å². The molecule has 0 N–H and O–H groups in total. The summed E-state index contributed by atoms with van der Waals surface area (Å²) in [7, 11) is 1.85. The highest BCUT2D eigenvalue weighted by Crippen LogP contribution is 2.09. The van der Waals surface area contributed by atoms with Crippen LogP contribution in [0.3, 0.4) is 0 Å². The third-order valence-corrected chi connectivity index (χ3v) is 2.64. The molecule has 2 aromatic rings. The first-order chi connectivity index (χ1) is 8.06. The molecule has 0 saturated carbocycles. The van der Waals surface area contributed by atoms with E-state index in [-0.39, 0.29) is 5.78 Å². The van der Waals surface area contributed by atoms with Crippen molar-refractivity contribution in [3.63, 3.8) is 0 Å². The Balaban J connectivity index is 2.20. The van der Waals surface area contributed by atoms with Crippen molar-refractivity contribution in [3.8, 4) is 0 Å². The van der Waals surface area contributed by atoms with Gasteiger partial charge in [-0.05, 0) is 31.5 Å². The lowest BCUT2D eigenvalue weighted by atomic mass is 10.1. The first-order valence-electron chi connectivity index (χ1n) is 5.50. The Bertz CT molecular complexity index is 558. The fourth-order valence-electron chi connectivity index (χ4n) is 1.80. The van der Waals surface area contributed by atoms with Crippen LogP contribution in [-0.4, -0.2) is 20.5 Å². The number of carbonyl (C=O) groups is 1. The van der Waals surface area contributed by atoms with Crippen LogP contribution in [0.5, 0.6) is 0 Å². The summed E-state index contributed by atoms with van der Waals surface area (Å²) in [6.45, 7) is 3.85. The molecule has 0 aromatic carbocycles. The molecule has 0 fully saturated rings. The van der Waals surface area contributed by atoms with Gasteiger partial charge < -0.3 is 0 Å².